The molecule has 0 saturated carbocycles. The van der Waals surface area contributed by atoms with Crippen LogP contribution in [0.25, 0.3) is 0 Å². The van der Waals surface area contributed by atoms with E-state index in [2.05, 4.69) is 10.5 Å². The van der Waals surface area contributed by atoms with Gasteiger partial charge in [0.2, 0.25) is 0 Å². The van der Waals surface area contributed by atoms with Crippen LogP contribution in [0.3, 0.4) is 0 Å². The van der Waals surface area contributed by atoms with Crippen LogP contribution in [0.1, 0.15) is 24.3 Å². The fourth-order valence-corrected chi connectivity index (χ4v) is 1.94. The molecule has 2 aromatic rings. The number of rotatable bonds is 6. The Morgan fingerprint density at radius 3 is 2.95 bits per heavy atom. The summed E-state index contributed by atoms with van der Waals surface area (Å²) >= 11 is 5.86. The molecule has 1 atom stereocenters. The number of halogens is 1. The van der Waals surface area contributed by atoms with Crippen molar-refractivity contribution in [2.75, 3.05) is 6.61 Å². The van der Waals surface area contributed by atoms with E-state index in [1.807, 2.05) is 0 Å². The second-order valence-electron chi connectivity index (χ2n) is 4.56. The summed E-state index contributed by atoms with van der Waals surface area (Å²) < 4.78 is 5.19. The van der Waals surface area contributed by atoms with Crippen molar-refractivity contribution in [3.63, 3.8) is 0 Å². The average Bonchev–Trinajstić information content (AvgIpc) is 3.01. The highest BCUT2D eigenvalue weighted by Gasteiger charge is 2.12. The quantitative estimate of drug-likeness (QED) is 0.486. The Morgan fingerprint density at radius 2 is 2.27 bits per heavy atom. The zero-order valence-electron chi connectivity index (χ0n) is 12.0. The number of furan rings is 1. The third-order valence-corrected chi connectivity index (χ3v) is 3.06. The lowest BCUT2D eigenvalue weighted by atomic mass is 10.2. The number of carbonyl (C=O) groups excluding carboxylic acids is 1. The van der Waals surface area contributed by atoms with Crippen molar-refractivity contribution < 1.29 is 14.0 Å². The van der Waals surface area contributed by atoms with Gasteiger partial charge < -0.3 is 20.3 Å². The molecule has 0 fully saturated rings. The molecule has 1 amide bonds. The highest BCUT2D eigenvalue weighted by atomic mass is 35.5. The number of hydrogen-bond donors (Lipinski definition) is 2. The Labute approximate surface area is 132 Å². The zero-order valence-corrected chi connectivity index (χ0v) is 12.7. The first-order chi connectivity index (χ1) is 10.6. The second-order valence-corrected chi connectivity index (χ2v) is 5.00. The van der Waals surface area contributed by atoms with Crippen molar-refractivity contribution in [1.29, 1.82) is 0 Å². The van der Waals surface area contributed by atoms with Gasteiger partial charge in [0.1, 0.15) is 5.76 Å². The highest BCUT2D eigenvalue weighted by Crippen LogP contribution is 2.12. The van der Waals surface area contributed by atoms with Gasteiger partial charge in [-0.05, 0) is 31.2 Å². The van der Waals surface area contributed by atoms with Crippen molar-refractivity contribution in [2.45, 2.75) is 13.0 Å². The topological polar surface area (TPSA) is 89.8 Å². The maximum Gasteiger partial charge on any atom is 0.261 e. The molecule has 2 rings (SSSR count). The Balaban J connectivity index is 1.82. The van der Waals surface area contributed by atoms with E-state index in [9.17, 15) is 4.79 Å². The van der Waals surface area contributed by atoms with Gasteiger partial charge in [-0.15, -0.1) is 0 Å². The first-order valence-electron chi connectivity index (χ1n) is 6.60. The minimum absolute atomic E-state index is 0.148. The summed E-state index contributed by atoms with van der Waals surface area (Å²) in [5.41, 5.74) is 6.37. The van der Waals surface area contributed by atoms with Crippen molar-refractivity contribution in [2.24, 2.45) is 10.9 Å². The number of amidine groups is 1. The number of hydrogen-bond acceptors (Lipinski definition) is 4. The Kier molecular flexibility index (Phi) is 5.43. The summed E-state index contributed by atoms with van der Waals surface area (Å²) in [4.78, 5) is 16.7. The van der Waals surface area contributed by atoms with Gasteiger partial charge in [0, 0.05) is 10.6 Å². The normalized spacial score (nSPS) is 12.7. The van der Waals surface area contributed by atoms with E-state index in [4.69, 9.17) is 26.6 Å². The van der Waals surface area contributed by atoms with Crippen LogP contribution in [0.2, 0.25) is 5.02 Å². The zero-order chi connectivity index (χ0) is 15.9. The van der Waals surface area contributed by atoms with E-state index in [0.717, 1.165) is 0 Å². The van der Waals surface area contributed by atoms with Crippen LogP contribution in [-0.2, 0) is 9.63 Å². The first-order valence-corrected chi connectivity index (χ1v) is 6.98. The monoisotopic (exact) mass is 321 g/mol. The maximum absolute atomic E-state index is 11.7. The third-order valence-electron chi connectivity index (χ3n) is 2.83. The lowest BCUT2D eigenvalue weighted by Crippen LogP contribution is -2.29. The van der Waals surface area contributed by atoms with Gasteiger partial charge >= 0.3 is 0 Å². The third kappa shape index (κ3) is 4.53. The van der Waals surface area contributed by atoms with E-state index in [0.29, 0.717) is 16.3 Å². The lowest BCUT2D eigenvalue weighted by Gasteiger charge is -2.10. The summed E-state index contributed by atoms with van der Waals surface area (Å²) in [7, 11) is 0. The lowest BCUT2D eigenvalue weighted by molar-refractivity contribution is -0.126. The highest BCUT2D eigenvalue weighted by molar-refractivity contribution is 6.31. The van der Waals surface area contributed by atoms with Crippen molar-refractivity contribution in [1.82, 2.24) is 5.32 Å². The molecular formula is C15H16ClN3O3. The Morgan fingerprint density at radius 1 is 1.45 bits per heavy atom. The van der Waals surface area contributed by atoms with Crippen molar-refractivity contribution in [3.05, 3.63) is 59.0 Å². The molecule has 0 aliphatic carbocycles. The molecule has 1 aromatic heterocycles. The molecule has 1 aromatic carbocycles. The van der Waals surface area contributed by atoms with Gasteiger partial charge in [0.05, 0.1) is 12.3 Å². The molecule has 0 aliphatic rings. The second kappa shape index (κ2) is 7.51. The van der Waals surface area contributed by atoms with Gasteiger partial charge in [-0.3, -0.25) is 4.79 Å². The number of benzene rings is 1. The number of nitrogens with two attached hydrogens (primary N) is 1. The van der Waals surface area contributed by atoms with Crippen LogP contribution < -0.4 is 11.1 Å². The molecule has 0 bridgehead atoms. The molecule has 116 valence electrons. The molecule has 0 spiro atoms. The van der Waals surface area contributed by atoms with E-state index in [-0.39, 0.29) is 24.4 Å². The van der Waals surface area contributed by atoms with E-state index >= 15 is 0 Å². The maximum atomic E-state index is 11.7. The van der Waals surface area contributed by atoms with Crippen LogP contribution in [0.5, 0.6) is 0 Å². The van der Waals surface area contributed by atoms with Crippen LogP contribution in [0, 0.1) is 0 Å². The molecule has 6 nitrogen and oxygen atoms in total. The molecule has 22 heavy (non-hydrogen) atoms. The average molecular weight is 322 g/mol. The largest absolute Gasteiger partial charge is 0.467 e. The number of nitrogens with one attached hydrogen (secondary N) is 1. The molecule has 1 unspecified atom stereocenters. The number of nitrogens with zero attached hydrogens (tertiary/aromatic N) is 1. The van der Waals surface area contributed by atoms with Gasteiger partial charge in [-0.2, -0.15) is 0 Å². The summed E-state index contributed by atoms with van der Waals surface area (Å²) in [5, 5.41) is 6.96. The van der Waals surface area contributed by atoms with Crippen molar-refractivity contribution >= 4 is 23.3 Å². The summed E-state index contributed by atoms with van der Waals surface area (Å²) in [6.45, 7) is 1.56. The molecule has 1 heterocycles. The SMILES string of the molecule is CC(NC(=O)CO/N=C(\N)c1cccc(Cl)c1)c1ccco1. The fourth-order valence-electron chi connectivity index (χ4n) is 1.75. The van der Waals surface area contributed by atoms with E-state index < -0.39 is 0 Å². The Bertz CT molecular complexity index is 656. The predicted octanol–water partition coefficient (Wildman–Crippen LogP) is 2.45. The van der Waals surface area contributed by atoms with E-state index in [1.54, 1.807) is 49.6 Å². The molecular weight excluding hydrogens is 306 g/mol. The van der Waals surface area contributed by atoms with Crippen LogP contribution in [0.15, 0.2) is 52.2 Å². The van der Waals surface area contributed by atoms with Gasteiger partial charge in [0.15, 0.2) is 12.4 Å². The summed E-state index contributed by atoms with van der Waals surface area (Å²) in [5.74, 6) is 0.483. The molecule has 0 aliphatic heterocycles. The summed E-state index contributed by atoms with van der Waals surface area (Å²) in [6, 6.07) is 10.2. The molecule has 3 N–H and O–H groups in total. The minimum atomic E-state index is -0.327. The molecule has 7 heteroatoms. The van der Waals surface area contributed by atoms with Crippen molar-refractivity contribution in [3.8, 4) is 0 Å². The summed E-state index contributed by atoms with van der Waals surface area (Å²) in [6.07, 6.45) is 1.55. The van der Waals surface area contributed by atoms with Crippen LogP contribution in [0.4, 0.5) is 0 Å². The number of carbonyl (C=O) groups is 1. The standard InChI is InChI=1S/C15H16ClN3O3/c1-10(13-6-3-7-21-13)18-14(20)9-22-19-15(17)11-4-2-5-12(16)8-11/h2-8,10H,9H2,1H3,(H2,17,19)(H,18,20). The van der Waals surface area contributed by atoms with E-state index in [1.165, 1.54) is 0 Å². The van der Waals surface area contributed by atoms with Gasteiger partial charge in [0.25, 0.3) is 5.91 Å². The predicted molar refractivity (Wildman–Crippen MR) is 83.4 cm³/mol. The van der Waals surface area contributed by atoms with Gasteiger partial charge in [-0.25, -0.2) is 0 Å². The minimum Gasteiger partial charge on any atom is -0.467 e. The smallest absolute Gasteiger partial charge is 0.261 e. The molecule has 0 saturated heterocycles. The first kappa shape index (κ1) is 15.9. The number of oxime groups is 1. The van der Waals surface area contributed by atoms with Crippen LogP contribution in [-0.4, -0.2) is 18.3 Å². The number of amides is 1. The Hall–Kier alpha value is -2.47. The molecule has 0 radical (unpaired) electrons. The fraction of sp³-hybridized carbons (Fsp3) is 0.200. The van der Waals surface area contributed by atoms with Crippen LogP contribution >= 0.6 is 11.6 Å². The van der Waals surface area contributed by atoms with Gasteiger partial charge in [-0.1, -0.05) is 28.9 Å².